The number of hydrogen-bond acceptors (Lipinski definition) is 2. The first kappa shape index (κ1) is 12.0. The van der Waals surface area contributed by atoms with E-state index in [0.717, 1.165) is 5.56 Å². The van der Waals surface area contributed by atoms with Crippen LogP contribution in [-0.2, 0) is 11.3 Å². The van der Waals surface area contributed by atoms with Gasteiger partial charge in [0.15, 0.2) is 0 Å². The predicted octanol–water partition coefficient (Wildman–Crippen LogP) is 2.53. The first-order valence-corrected chi connectivity index (χ1v) is 5.20. The zero-order valence-electron chi connectivity index (χ0n) is 9.26. The lowest BCUT2D eigenvalue weighted by molar-refractivity contribution is -0.0153. The van der Waals surface area contributed by atoms with Gasteiger partial charge in [0.05, 0.1) is 18.8 Å². The number of hydrogen-bond donors (Lipinski definition) is 1. The molecule has 15 heavy (non-hydrogen) atoms. The van der Waals surface area contributed by atoms with Crippen molar-refractivity contribution >= 4 is 0 Å². The summed E-state index contributed by atoms with van der Waals surface area (Å²) in [6.07, 6.45) is 2.85. The molecule has 0 aliphatic heterocycles. The third-order valence-corrected chi connectivity index (χ3v) is 2.23. The molecule has 1 aromatic rings. The number of aliphatic hydroxyl groups excluding tert-OH is 1. The molecule has 0 aliphatic carbocycles. The SMILES string of the molecule is C/C=C/[C@@H](O)[C@H](C)OCc1ccccc1. The Hall–Kier alpha value is -1.12. The lowest BCUT2D eigenvalue weighted by atomic mass is 10.2. The Morgan fingerprint density at radius 1 is 1.33 bits per heavy atom. The van der Waals surface area contributed by atoms with Crippen LogP contribution in [-0.4, -0.2) is 17.3 Å². The maximum atomic E-state index is 9.58. The lowest BCUT2D eigenvalue weighted by Gasteiger charge is -2.16. The summed E-state index contributed by atoms with van der Waals surface area (Å²) in [5.41, 5.74) is 1.12. The molecule has 0 saturated heterocycles. The van der Waals surface area contributed by atoms with E-state index in [1.54, 1.807) is 6.08 Å². The van der Waals surface area contributed by atoms with Crippen LogP contribution in [0.15, 0.2) is 42.5 Å². The van der Waals surface area contributed by atoms with Gasteiger partial charge in [-0.15, -0.1) is 0 Å². The van der Waals surface area contributed by atoms with Gasteiger partial charge in [0.25, 0.3) is 0 Å². The van der Waals surface area contributed by atoms with Crippen LogP contribution in [0.2, 0.25) is 0 Å². The summed E-state index contributed by atoms with van der Waals surface area (Å²) in [7, 11) is 0. The zero-order chi connectivity index (χ0) is 11.1. The van der Waals surface area contributed by atoms with Crippen molar-refractivity contribution in [1.82, 2.24) is 0 Å². The molecule has 0 fully saturated rings. The van der Waals surface area contributed by atoms with Crippen molar-refractivity contribution in [1.29, 1.82) is 0 Å². The van der Waals surface area contributed by atoms with Crippen LogP contribution < -0.4 is 0 Å². The number of benzene rings is 1. The molecular formula is C13H18O2. The highest BCUT2D eigenvalue weighted by molar-refractivity contribution is 5.13. The number of ether oxygens (including phenoxy) is 1. The minimum Gasteiger partial charge on any atom is -0.386 e. The van der Waals surface area contributed by atoms with Crippen LogP contribution in [0.5, 0.6) is 0 Å². The van der Waals surface area contributed by atoms with Gasteiger partial charge in [-0.25, -0.2) is 0 Å². The fraction of sp³-hybridized carbons (Fsp3) is 0.385. The summed E-state index contributed by atoms with van der Waals surface area (Å²) in [6, 6.07) is 9.95. The summed E-state index contributed by atoms with van der Waals surface area (Å²) >= 11 is 0. The van der Waals surface area contributed by atoms with E-state index in [2.05, 4.69) is 0 Å². The predicted molar refractivity (Wildman–Crippen MR) is 61.5 cm³/mol. The molecule has 0 unspecified atom stereocenters. The third-order valence-electron chi connectivity index (χ3n) is 2.23. The van der Waals surface area contributed by atoms with E-state index in [1.807, 2.05) is 50.3 Å². The van der Waals surface area contributed by atoms with Crippen LogP contribution in [0.1, 0.15) is 19.4 Å². The summed E-state index contributed by atoms with van der Waals surface area (Å²) in [4.78, 5) is 0. The van der Waals surface area contributed by atoms with E-state index in [1.165, 1.54) is 0 Å². The molecule has 1 aromatic carbocycles. The van der Waals surface area contributed by atoms with Crippen LogP contribution >= 0.6 is 0 Å². The Labute approximate surface area is 91.2 Å². The average molecular weight is 206 g/mol. The minimum absolute atomic E-state index is 0.179. The Bertz CT molecular complexity index is 293. The molecule has 0 saturated carbocycles. The van der Waals surface area contributed by atoms with Crippen LogP contribution in [0.3, 0.4) is 0 Å². The Kier molecular flexibility index (Phi) is 5.08. The zero-order valence-corrected chi connectivity index (χ0v) is 9.26. The number of rotatable bonds is 5. The largest absolute Gasteiger partial charge is 0.386 e. The summed E-state index contributed by atoms with van der Waals surface area (Å²) < 4.78 is 5.54. The smallest absolute Gasteiger partial charge is 0.0979 e. The Balaban J connectivity index is 2.37. The van der Waals surface area contributed by atoms with Crippen molar-refractivity contribution in [3.05, 3.63) is 48.0 Å². The van der Waals surface area contributed by atoms with Gasteiger partial charge in [0, 0.05) is 0 Å². The maximum absolute atomic E-state index is 9.58. The topological polar surface area (TPSA) is 29.5 Å². The monoisotopic (exact) mass is 206 g/mol. The van der Waals surface area contributed by atoms with Gasteiger partial charge in [0.1, 0.15) is 0 Å². The van der Waals surface area contributed by atoms with E-state index in [9.17, 15) is 5.11 Å². The molecule has 1 rings (SSSR count). The third kappa shape index (κ3) is 4.28. The molecule has 0 bridgehead atoms. The molecule has 0 heterocycles. The number of aliphatic hydroxyl groups is 1. The highest BCUT2D eigenvalue weighted by Crippen LogP contribution is 2.06. The van der Waals surface area contributed by atoms with Gasteiger partial charge in [-0.1, -0.05) is 42.5 Å². The van der Waals surface area contributed by atoms with Crippen molar-refractivity contribution in [2.45, 2.75) is 32.7 Å². The standard InChI is InChI=1S/C13H18O2/c1-3-7-13(14)11(2)15-10-12-8-5-4-6-9-12/h3-9,11,13-14H,10H2,1-2H3/b7-3+/t11-,13+/m0/s1. The molecule has 0 radical (unpaired) electrons. The molecule has 0 spiro atoms. The second-order valence-electron chi connectivity index (χ2n) is 3.52. The quantitative estimate of drug-likeness (QED) is 0.750. The van der Waals surface area contributed by atoms with E-state index < -0.39 is 6.10 Å². The van der Waals surface area contributed by atoms with Crippen LogP contribution in [0.25, 0.3) is 0 Å². The fourth-order valence-electron chi connectivity index (χ4n) is 1.25. The van der Waals surface area contributed by atoms with Crippen molar-refractivity contribution < 1.29 is 9.84 Å². The fourth-order valence-corrected chi connectivity index (χ4v) is 1.25. The lowest BCUT2D eigenvalue weighted by Crippen LogP contribution is -2.23. The Morgan fingerprint density at radius 3 is 2.60 bits per heavy atom. The molecule has 82 valence electrons. The molecule has 2 heteroatoms. The molecule has 1 N–H and O–H groups in total. The van der Waals surface area contributed by atoms with E-state index in [-0.39, 0.29) is 6.10 Å². The van der Waals surface area contributed by atoms with E-state index in [0.29, 0.717) is 6.61 Å². The van der Waals surface area contributed by atoms with Crippen molar-refractivity contribution in [3.8, 4) is 0 Å². The normalized spacial score (nSPS) is 15.4. The maximum Gasteiger partial charge on any atom is 0.0979 e. The summed E-state index contributed by atoms with van der Waals surface area (Å²) in [5, 5.41) is 9.58. The van der Waals surface area contributed by atoms with Crippen LogP contribution in [0.4, 0.5) is 0 Å². The second kappa shape index (κ2) is 6.38. The molecular weight excluding hydrogens is 188 g/mol. The van der Waals surface area contributed by atoms with Crippen LogP contribution in [0, 0.1) is 0 Å². The van der Waals surface area contributed by atoms with Crippen molar-refractivity contribution in [2.75, 3.05) is 0 Å². The van der Waals surface area contributed by atoms with Gasteiger partial charge >= 0.3 is 0 Å². The Morgan fingerprint density at radius 2 is 2.00 bits per heavy atom. The summed E-state index contributed by atoms with van der Waals surface area (Å²) in [6.45, 7) is 4.29. The molecule has 2 atom stereocenters. The molecule has 0 aromatic heterocycles. The van der Waals surface area contributed by atoms with E-state index in [4.69, 9.17) is 4.74 Å². The average Bonchev–Trinajstić information content (AvgIpc) is 2.27. The number of allylic oxidation sites excluding steroid dienone is 1. The highest BCUT2D eigenvalue weighted by Gasteiger charge is 2.10. The van der Waals surface area contributed by atoms with E-state index >= 15 is 0 Å². The van der Waals surface area contributed by atoms with Gasteiger partial charge in [0.2, 0.25) is 0 Å². The van der Waals surface area contributed by atoms with Crippen molar-refractivity contribution in [3.63, 3.8) is 0 Å². The highest BCUT2D eigenvalue weighted by atomic mass is 16.5. The molecule has 0 aliphatic rings. The van der Waals surface area contributed by atoms with Gasteiger partial charge in [-0.2, -0.15) is 0 Å². The van der Waals surface area contributed by atoms with Gasteiger partial charge in [-0.05, 0) is 19.4 Å². The van der Waals surface area contributed by atoms with Crippen molar-refractivity contribution in [2.24, 2.45) is 0 Å². The minimum atomic E-state index is -0.529. The molecule has 0 amide bonds. The summed E-state index contributed by atoms with van der Waals surface area (Å²) in [5.74, 6) is 0. The first-order chi connectivity index (χ1) is 7.24. The van der Waals surface area contributed by atoms with Gasteiger partial charge < -0.3 is 9.84 Å². The first-order valence-electron chi connectivity index (χ1n) is 5.20. The molecule has 2 nitrogen and oxygen atoms in total. The van der Waals surface area contributed by atoms with Gasteiger partial charge in [-0.3, -0.25) is 0 Å². The second-order valence-corrected chi connectivity index (χ2v) is 3.52.